The lowest BCUT2D eigenvalue weighted by Crippen LogP contribution is -3.12. The molecule has 1 amide bonds. The first-order chi connectivity index (χ1) is 11.1. The lowest BCUT2D eigenvalue weighted by molar-refractivity contribution is -0.883. The van der Waals surface area contributed by atoms with Crippen LogP contribution in [0.3, 0.4) is 0 Å². The molecule has 0 bridgehead atoms. The fourth-order valence-corrected chi connectivity index (χ4v) is 4.28. The van der Waals surface area contributed by atoms with Gasteiger partial charge in [-0.3, -0.25) is 4.79 Å². The number of amides is 1. The highest BCUT2D eigenvalue weighted by Gasteiger charge is 2.24. The number of hydrogen-bond donors (Lipinski definition) is 1. The molecule has 3 rings (SSSR count). The van der Waals surface area contributed by atoms with Crippen molar-refractivity contribution in [2.24, 2.45) is 0 Å². The van der Waals surface area contributed by atoms with Gasteiger partial charge in [0, 0.05) is 12.2 Å². The Morgan fingerprint density at radius 2 is 2.00 bits per heavy atom. The molecule has 0 aromatic heterocycles. The lowest BCUT2D eigenvalue weighted by Gasteiger charge is -2.32. The molecule has 0 atom stereocenters. The third kappa shape index (κ3) is 4.05. The van der Waals surface area contributed by atoms with Gasteiger partial charge in [-0.15, -0.1) is 0 Å². The second-order valence-corrected chi connectivity index (χ2v) is 7.89. The maximum absolute atomic E-state index is 12.6. The van der Waals surface area contributed by atoms with Gasteiger partial charge in [-0.05, 0) is 24.5 Å². The number of para-hydroxylation sites is 1. The molecule has 1 fully saturated rings. The van der Waals surface area contributed by atoms with Crippen LogP contribution in [0.4, 0.5) is 5.69 Å². The number of fused-ring (bicyclic) bond motifs is 1. The van der Waals surface area contributed by atoms with E-state index in [9.17, 15) is 4.79 Å². The van der Waals surface area contributed by atoms with Gasteiger partial charge >= 0.3 is 0 Å². The molecule has 1 aromatic carbocycles. The number of rotatable bonds is 2. The van der Waals surface area contributed by atoms with Crippen LogP contribution in [0, 0.1) is 0 Å². The van der Waals surface area contributed by atoms with Gasteiger partial charge in [-0.25, -0.2) is 0 Å². The van der Waals surface area contributed by atoms with Crippen LogP contribution < -0.4 is 9.80 Å². The van der Waals surface area contributed by atoms with Crippen LogP contribution in [-0.4, -0.2) is 60.7 Å². The van der Waals surface area contributed by atoms with Gasteiger partial charge in [0.25, 0.3) is 0 Å². The molecule has 23 heavy (non-hydrogen) atoms. The molecule has 0 unspecified atom stereocenters. The zero-order valence-corrected chi connectivity index (χ0v) is 15.2. The summed E-state index contributed by atoms with van der Waals surface area (Å²) in [5.41, 5.74) is 2.36. The fourth-order valence-electron chi connectivity index (χ4n) is 3.16. The van der Waals surface area contributed by atoms with Crippen LogP contribution in [0.25, 0.3) is 0 Å². The maximum Gasteiger partial charge on any atom is 0.237 e. The zero-order chi connectivity index (χ0) is 16.2. The number of nitrogens with one attached hydrogen (secondary N) is 1. The Labute approximate surface area is 147 Å². The van der Waals surface area contributed by atoms with Crippen molar-refractivity contribution in [2.45, 2.75) is 12.8 Å². The number of thiocarbonyl (C=S) groups is 1. The number of quaternary nitrogens is 1. The number of aryl methyl sites for hydroxylation is 1. The van der Waals surface area contributed by atoms with E-state index in [2.05, 4.69) is 24.1 Å². The molecule has 4 nitrogen and oxygen atoms in total. The average molecular weight is 351 g/mol. The molecule has 2 aliphatic rings. The van der Waals surface area contributed by atoms with Crippen LogP contribution in [-0.2, 0) is 11.2 Å². The van der Waals surface area contributed by atoms with E-state index in [0.717, 1.165) is 55.6 Å². The summed E-state index contributed by atoms with van der Waals surface area (Å²) in [6, 6.07) is 8.23. The van der Waals surface area contributed by atoms with E-state index < -0.39 is 0 Å². The number of likely N-dealkylation sites (N-methyl/N-ethyl adjacent to an activating group) is 1. The molecule has 0 radical (unpaired) electrons. The van der Waals surface area contributed by atoms with E-state index >= 15 is 0 Å². The molecular weight excluding hydrogens is 326 g/mol. The molecule has 2 heterocycles. The number of piperazine rings is 1. The Kier molecular flexibility index (Phi) is 5.56. The normalized spacial score (nSPS) is 18.7. The van der Waals surface area contributed by atoms with Crippen LogP contribution in [0.1, 0.15) is 12.0 Å². The zero-order valence-electron chi connectivity index (χ0n) is 13.6. The molecular formula is C17H24N3OS2+. The second-order valence-electron chi connectivity index (χ2n) is 6.28. The van der Waals surface area contributed by atoms with Gasteiger partial charge in [0.05, 0.1) is 39.0 Å². The number of anilines is 1. The number of hydrogen-bond acceptors (Lipinski definition) is 3. The molecule has 1 N–H and O–H groups in total. The second kappa shape index (κ2) is 7.64. The number of thioether (sulfide) groups is 1. The highest BCUT2D eigenvalue weighted by molar-refractivity contribution is 8.23. The van der Waals surface area contributed by atoms with E-state index in [1.165, 1.54) is 17.3 Å². The van der Waals surface area contributed by atoms with Crippen molar-refractivity contribution < 1.29 is 9.69 Å². The first-order valence-corrected chi connectivity index (χ1v) is 9.66. The predicted molar refractivity (Wildman–Crippen MR) is 100 cm³/mol. The fraction of sp³-hybridized carbons (Fsp3) is 0.529. The van der Waals surface area contributed by atoms with Gasteiger partial charge in [0.15, 0.2) is 0 Å². The highest BCUT2D eigenvalue weighted by atomic mass is 32.2. The van der Waals surface area contributed by atoms with Crippen molar-refractivity contribution in [2.75, 3.05) is 50.4 Å². The first-order valence-electron chi connectivity index (χ1n) is 8.26. The van der Waals surface area contributed by atoms with Crippen molar-refractivity contribution in [3.8, 4) is 0 Å². The standard InChI is InChI=1S/C17H23N3OS2/c1-18-9-11-19(12-10-18)17(22)23-13-16(21)20-8-4-6-14-5-2-3-7-15(14)20/h2-3,5,7H,4,6,8-13H2,1H3/p+1. The van der Waals surface area contributed by atoms with Crippen LogP contribution >= 0.6 is 24.0 Å². The van der Waals surface area contributed by atoms with Gasteiger partial charge in [-0.2, -0.15) is 0 Å². The van der Waals surface area contributed by atoms with Gasteiger partial charge in [0.2, 0.25) is 5.91 Å². The van der Waals surface area contributed by atoms with E-state index in [4.69, 9.17) is 12.2 Å². The van der Waals surface area contributed by atoms with Crippen LogP contribution in [0.15, 0.2) is 24.3 Å². The van der Waals surface area contributed by atoms with Crippen molar-refractivity contribution in [3.63, 3.8) is 0 Å². The third-order valence-corrected chi connectivity index (χ3v) is 6.11. The minimum Gasteiger partial charge on any atom is -0.346 e. The minimum absolute atomic E-state index is 0.171. The lowest BCUT2D eigenvalue weighted by atomic mass is 10.0. The van der Waals surface area contributed by atoms with E-state index in [0.29, 0.717) is 5.75 Å². The summed E-state index contributed by atoms with van der Waals surface area (Å²) in [6.07, 6.45) is 2.11. The monoisotopic (exact) mass is 350 g/mol. The highest BCUT2D eigenvalue weighted by Crippen LogP contribution is 2.27. The molecule has 1 saturated heterocycles. The summed E-state index contributed by atoms with van der Waals surface area (Å²) in [4.78, 5) is 18.3. The smallest absolute Gasteiger partial charge is 0.237 e. The largest absolute Gasteiger partial charge is 0.346 e. The molecule has 0 aliphatic carbocycles. The molecule has 1 aromatic rings. The summed E-state index contributed by atoms with van der Waals surface area (Å²) < 4.78 is 0.871. The van der Waals surface area contributed by atoms with Crippen molar-refractivity contribution in [3.05, 3.63) is 29.8 Å². The summed E-state index contributed by atoms with van der Waals surface area (Å²) in [5.74, 6) is 0.607. The third-order valence-electron chi connectivity index (χ3n) is 4.61. The molecule has 124 valence electrons. The SMILES string of the molecule is C[NH+]1CCN(C(=S)SCC(=O)N2CCCc3ccccc32)CC1. The summed E-state index contributed by atoms with van der Waals surface area (Å²) in [7, 11) is 2.21. The van der Waals surface area contributed by atoms with Gasteiger partial charge in [-0.1, -0.05) is 42.2 Å². The molecule has 0 spiro atoms. The summed E-state index contributed by atoms with van der Waals surface area (Å²) >= 11 is 7.04. The Bertz CT molecular complexity index is 585. The average Bonchev–Trinajstić information content (AvgIpc) is 2.59. The van der Waals surface area contributed by atoms with Crippen LogP contribution in [0.5, 0.6) is 0 Å². The molecule has 0 saturated carbocycles. The van der Waals surface area contributed by atoms with Gasteiger partial charge in [0.1, 0.15) is 4.32 Å². The topological polar surface area (TPSA) is 28.0 Å². The predicted octanol–water partition coefficient (Wildman–Crippen LogP) is 0.814. The number of nitrogens with zero attached hydrogens (tertiary/aromatic N) is 2. The Balaban J connectivity index is 1.55. The Morgan fingerprint density at radius 1 is 1.26 bits per heavy atom. The first kappa shape index (κ1) is 16.7. The summed E-state index contributed by atoms with van der Waals surface area (Å²) in [5, 5.41) is 0. The number of benzene rings is 1. The van der Waals surface area contributed by atoms with E-state index in [1.54, 1.807) is 4.90 Å². The quantitative estimate of drug-likeness (QED) is 0.799. The van der Waals surface area contributed by atoms with E-state index in [1.807, 2.05) is 17.0 Å². The minimum atomic E-state index is 0.171. The van der Waals surface area contributed by atoms with Crippen molar-refractivity contribution >= 4 is 39.9 Å². The molecule has 6 heteroatoms. The summed E-state index contributed by atoms with van der Waals surface area (Å²) in [6.45, 7) is 5.06. The maximum atomic E-state index is 12.6. The Hall–Kier alpha value is -1.11. The van der Waals surface area contributed by atoms with Gasteiger partial charge < -0.3 is 14.7 Å². The number of carbonyl (C=O) groups excluding carboxylic acids is 1. The molecule has 2 aliphatic heterocycles. The van der Waals surface area contributed by atoms with Crippen molar-refractivity contribution in [1.29, 1.82) is 0 Å². The Morgan fingerprint density at radius 3 is 2.78 bits per heavy atom. The van der Waals surface area contributed by atoms with E-state index in [-0.39, 0.29) is 5.91 Å². The number of carbonyl (C=O) groups is 1. The van der Waals surface area contributed by atoms with Crippen LogP contribution in [0.2, 0.25) is 0 Å². The van der Waals surface area contributed by atoms with Crippen molar-refractivity contribution in [1.82, 2.24) is 4.90 Å².